The van der Waals surface area contributed by atoms with Gasteiger partial charge in [-0.25, -0.2) is 9.59 Å². The van der Waals surface area contributed by atoms with Gasteiger partial charge in [0.05, 0.1) is 31.3 Å². The minimum absolute atomic E-state index is 0.0766. The maximum absolute atomic E-state index is 12.4. The van der Waals surface area contributed by atoms with Crippen LogP contribution >= 0.6 is 15.9 Å². The van der Waals surface area contributed by atoms with Gasteiger partial charge in [0.1, 0.15) is 0 Å². The van der Waals surface area contributed by atoms with Crippen LogP contribution in [0.2, 0.25) is 0 Å². The Hall–Kier alpha value is -2.08. The van der Waals surface area contributed by atoms with Gasteiger partial charge in [-0.2, -0.15) is 0 Å². The van der Waals surface area contributed by atoms with Crippen LogP contribution in [0.15, 0.2) is 52.3 Å². The van der Waals surface area contributed by atoms with Crippen LogP contribution in [-0.4, -0.2) is 37.1 Å². The largest absolute Gasteiger partial charge is 0.466 e. The number of ether oxygens (including phenoxy) is 2. The minimum Gasteiger partial charge on any atom is -0.466 e. The number of carbonyl (C=O) groups is 2. The summed E-state index contributed by atoms with van der Waals surface area (Å²) in [5.41, 5.74) is 1.60. The monoisotopic (exact) mass is 393 g/mol. The molecule has 0 aromatic heterocycles. The Kier molecular flexibility index (Phi) is 5.83. The van der Waals surface area contributed by atoms with Gasteiger partial charge >= 0.3 is 11.9 Å². The molecule has 0 unspecified atom stereocenters. The van der Waals surface area contributed by atoms with E-state index in [4.69, 9.17) is 9.47 Å². The lowest BCUT2D eigenvalue weighted by Crippen LogP contribution is -2.31. The van der Waals surface area contributed by atoms with E-state index in [1.165, 1.54) is 14.2 Å². The van der Waals surface area contributed by atoms with Crippen molar-refractivity contribution < 1.29 is 19.1 Å². The molecule has 0 atom stereocenters. The number of rotatable bonds is 4. The summed E-state index contributed by atoms with van der Waals surface area (Å²) in [6.45, 7) is 3.94. The molecule has 0 radical (unpaired) electrons. The molecule has 0 saturated carbocycles. The molecule has 1 aromatic carbocycles. The topological polar surface area (TPSA) is 55.8 Å². The number of carbonyl (C=O) groups excluding carboxylic acids is 2. The summed E-state index contributed by atoms with van der Waals surface area (Å²) in [5, 5.41) is 0. The van der Waals surface area contributed by atoms with Crippen LogP contribution in [0, 0.1) is 0 Å². The summed E-state index contributed by atoms with van der Waals surface area (Å²) < 4.78 is 10.7. The van der Waals surface area contributed by atoms with Crippen molar-refractivity contribution in [2.45, 2.75) is 25.8 Å². The number of hydrogen-bond acceptors (Lipinski definition) is 5. The van der Waals surface area contributed by atoms with Gasteiger partial charge < -0.3 is 14.4 Å². The lowest BCUT2D eigenvalue weighted by Gasteiger charge is -2.32. The summed E-state index contributed by atoms with van der Waals surface area (Å²) >= 11 is 3.43. The van der Waals surface area contributed by atoms with Crippen LogP contribution in [-0.2, 0) is 19.1 Å². The van der Waals surface area contributed by atoms with Gasteiger partial charge in [0.2, 0.25) is 0 Å². The molecule has 0 aliphatic carbocycles. The zero-order chi connectivity index (χ0) is 17.9. The second-order valence-electron chi connectivity index (χ2n) is 5.68. The van der Waals surface area contributed by atoms with Gasteiger partial charge in [-0.3, -0.25) is 0 Å². The average Bonchev–Trinajstić information content (AvgIpc) is 2.58. The number of esters is 2. The summed E-state index contributed by atoms with van der Waals surface area (Å²) in [5.74, 6) is -1.49. The van der Waals surface area contributed by atoms with Crippen LogP contribution in [0.25, 0.3) is 0 Å². The average molecular weight is 394 g/mol. The molecule has 128 valence electrons. The fourth-order valence-corrected chi connectivity index (χ4v) is 3.01. The zero-order valence-corrected chi connectivity index (χ0v) is 15.7. The molecule has 0 amide bonds. The second-order valence-corrected chi connectivity index (χ2v) is 6.60. The fraction of sp³-hybridized carbons (Fsp3) is 0.333. The molecule has 0 fully saturated rings. The standard InChI is InChI=1S/C18H20BrNO4/c1-11(2)20-9-14(17(21)23-3)16(15(10-20)18(22)24-4)12-6-5-7-13(19)8-12/h5-11,16H,1-4H3. The van der Waals surface area contributed by atoms with Crippen LogP contribution in [0.1, 0.15) is 25.3 Å². The lowest BCUT2D eigenvalue weighted by molar-refractivity contribution is -0.137. The highest BCUT2D eigenvalue weighted by atomic mass is 79.9. The quantitative estimate of drug-likeness (QED) is 0.733. The normalized spacial score (nSPS) is 15.0. The van der Waals surface area contributed by atoms with E-state index in [2.05, 4.69) is 15.9 Å². The van der Waals surface area contributed by atoms with Gasteiger partial charge in [0.25, 0.3) is 0 Å². The molecule has 0 spiro atoms. The molecule has 5 nitrogen and oxygen atoms in total. The highest BCUT2D eigenvalue weighted by Crippen LogP contribution is 2.38. The predicted octanol–water partition coefficient (Wildman–Crippen LogP) is 3.37. The number of methoxy groups -OCH3 is 2. The van der Waals surface area contributed by atoms with Gasteiger partial charge in [-0.1, -0.05) is 28.1 Å². The number of nitrogens with zero attached hydrogens (tertiary/aromatic N) is 1. The Morgan fingerprint density at radius 3 is 2.04 bits per heavy atom. The van der Waals surface area contributed by atoms with Crippen LogP contribution in [0.5, 0.6) is 0 Å². The van der Waals surface area contributed by atoms with E-state index >= 15 is 0 Å². The van der Waals surface area contributed by atoms with E-state index in [0.717, 1.165) is 10.0 Å². The number of halogens is 1. The van der Waals surface area contributed by atoms with Crippen molar-refractivity contribution in [2.75, 3.05) is 14.2 Å². The van der Waals surface area contributed by atoms with Crippen molar-refractivity contribution >= 4 is 27.9 Å². The zero-order valence-electron chi connectivity index (χ0n) is 14.1. The van der Waals surface area contributed by atoms with Crippen molar-refractivity contribution in [3.8, 4) is 0 Å². The molecular weight excluding hydrogens is 374 g/mol. The third-order valence-corrected chi connectivity index (χ3v) is 4.31. The van der Waals surface area contributed by atoms with E-state index in [1.807, 2.05) is 43.0 Å². The summed E-state index contributed by atoms with van der Waals surface area (Å²) in [7, 11) is 2.66. The van der Waals surface area contributed by atoms with Crippen molar-refractivity contribution in [2.24, 2.45) is 0 Å². The molecule has 0 saturated heterocycles. The smallest absolute Gasteiger partial charge is 0.336 e. The highest BCUT2D eigenvalue weighted by molar-refractivity contribution is 9.10. The van der Waals surface area contributed by atoms with Crippen molar-refractivity contribution in [3.05, 3.63) is 57.8 Å². The molecule has 24 heavy (non-hydrogen) atoms. The Labute approximate surface area is 150 Å². The van der Waals surface area contributed by atoms with E-state index < -0.39 is 17.9 Å². The molecular formula is C18H20BrNO4. The van der Waals surface area contributed by atoms with Crippen LogP contribution < -0.4 is 0 Å². The van der Waals surface area contributed by atoms with Crippen molar-refractivity contribution in [1.29, 1.82) is 0 Å². The molecule has 2 rings (SSSR count). The van der Waals surface area contributed by atoms with E-state index in [-0.39, 0.29) is 6.04 Å². The van der Waals surface area contributed by atoms with Gasteiger partial charge in [-0.15, -0.1) is 0 Å². The third kappa shape index (κ3) is 3.70. The van der Waals surface area contributed by atoms with Gasteiger partial charge in [0, 0.05) is 22.9 Å². The molecule has 1 aliphatic heterocycles. The molecule has 0 bridgehead atoms. The SMILES string of the molecule is COC(=O)C1=CN(C(C)C)C=C(C(=O)OC)C1c1cccc(Br)c1. The first-order chi connectivity index (χ1) is 11.4. The summed E-state index contributed by atoms with van der Waals surface area (Å²) in [6, 6.07) is 7.57. The Balaban J connectivity index is 2.63. The van der Waals surface area contributed by atoms with Crippen LogP contribution in [0.4, 0.5) is 0 Å². The summed E-state index contributed by atoms with van der Waals surface area (Å²) in [4.78, 5) is 26.5. The maximum atomic E-state index is 12.4. The Morgan fingerprint density at radius 1 is 1.08 bits per heavy atom. The molecule has 6 heteroatoms. The lowest BCUT2D eigenvalue weighted by atomic mass is 9.83. The highest BCUT2D eigenvalue weighted by Gasteiger charge is 2.35. The number of hydrogen-bond donors (Lipinski definition) is 0. The molecule has 1 heterocycles. The fourth-order valence-electron chi connectivity index (χ4n) is 2.60. The molecule has 1 aliphatic rings. The summed E-state index contributed by atoms with van der Waals surface area (Å²) in [6.07, 6.45) is 3.46. The van der Waals surface area contributed by atoms with E-state index in [1.54, 1.807) is 12.4 Å². The van der Waals surface area contributed by atoms with Gasteiger partial charge in [-0.05, 0) is 31.5 Å². The second kappa shape index (κ2) is 7.66. The molecule has 0 N–H and O–H groups in total. The first kappa shape index (κ1) is 18.3. The minimum atomic E-state index is -0.544. The van der Waals surface area contributed by atoms with Crippen LogP contribution in [0.3, 0.4) is 0 Å². The van der Waals surface area contributed by atoms with Crippen molar-refractivity contribution in [3.63, 3.8) is 0 Å². The number of benzene rings is 1. The predicted molar refractivity (Wildman–Crippen MR) is 94.1 cm³/mol. The molecule has 1 aromatic rings. The first-order valence-corrected chi connectivity index (χ1v) is 8.31. The third-order valence-electron chi connectivity index (χ3n) is 3.82. The van der Waals surface area contributed by atoms with E-state index in [9.17, 15) is 9.59 Å². The van der Waals surface area contributed by atoms with E-state index in [0.29, 0.717) is 11.1 Å². The van der Waals surface area contributed by atoms with Crippen molar-refractivity contribution in [1.82, 2.24) is 4.90 Å². The Morgan fingerprint density at radius 2 is 1.62 bits per heavy atom. The van der Waals surface area contributed by atoms with Gasteiger partial charge in [0.15, 0.2) is 0 Å². The maximum Gasteiger partial charge on any atom is 0.336 e. The Bertz CT molecular complexity index is 675. The first-order valence-electron chi connectivity index (χ1n) is 7.52.